The molecule has 0 aromatic heterocycles. The Bertz CT molecular complexity index is 1180. The Morgan fingerprint density at radius 1 is 1.14 bits per heavy atom. The van der Waals surface area contributed by atoms with Crippen LogP contribution in [0, 0.1) is 5.82 Å². The van der Waals surface area contributed by atoms with E-state index in [0.29, 0.717) is 5.75 Å². The van der Waals surface area contributed by atoms with Crippen molar-refractivity contribution in [1.82, 2.24) is 10.2 Å². The van der Waals surface area contributed by atoms with Gasteiger partial charge in [0.15, 0.2) is 0 Å². The van der Waals surface area contributed by atoms with Crippen LogP contribution in [0.1, 0.15) is 51.0 Å². The first-order chi connectivity index (χ1) is 17.6. The van der Waals surface area contributed by atoms with E-state index in [4.69, 9.17) is 4.74 Å². The van der Waals surface area contributed by atoms with Gasteiger partial charge in [0.1, 0.15) is 17.6 Å². The first-order valence-electron chi connectivity index (χ1n) is 12.5. The molecule has 1 unspecified atom stereocenters. The van der Waals surface area contributed by atoms with Crippen molar-refractivity contribution in [1.29, 1.82) is 0 Å². The van der Waals surface area contributed by atoms with Crippen LogP contribution >= 0.6 is 0 Å². The van der Waals surface area contributed by atoms with Crippen LogP contribution in [0.15, 0.2) is 48.5 Å². The van der Waals surface area contributed by atoms with E-state index in [2.05, 4.69) is 5.32 Å². The van der Waals surface area contributed by atoms with Crippen molar-refractivity contribution in [3.63, 3.8) is 0 Å². The second-order valence-electron chi connectivity index (χ2n) is 9.43. The van der Waals surface area contributed by atoms with Crippen molar-refractivity contribution >= 4 is 27.5 Å². The summed E-state index contributed by atoms with van der Waals surface area (Å²) in [6.45, 7) is 1.82. The summed E-state index contributed by atoms with van der Waals surface area (Å²) in [5.41, 5.74) is 0.743. The Morgan fingerprint density at radius 3 is 2.49 bits per heavy atom. The van der Waals surface area contributed by atoms with Crippen molar-refractivity contribution in [3.05, 3.63) is 59.9 Å². The summed E-state index contributed by atoms with van der Waals surface area (Å²) in [5.74, 6) is -0.524. The van der Waals surface area contributed by atoms with Gasteiger partial charge >= 0.3 is 0 Å². The molecule has 0 aliphatic heterocycles. The quantitative estimate of drug-likeness (QED) is 0.447. The van der Waals surface area contributed by atoms with Crippen LogP contribution in [-0.2, 0) is 26.2 Å². The van der Waals surface area contributed by atoms with Gasteiger partial charge in [0.25, 0.3) is 0 Å². The van der Waals surface area contributed by atoms with Crippen LogP contribution in [0.5, 0.6) is 5.75 Å². The first kappa shape index (κ1) is 28.4. The van der Waals surface area contributed by atoms with E-state index in [1.807, 2.05) is 18.2 Å². The molecule has 1 atom stereocenters. The monoisotopic (exact) mass is 533 g/mol. The Balaban J connectivity index is 1.74. The third-order valence-electron chi connectivity index (χ3n) is 6.63. The molecule has 0 saturated heterocycles. The molecule has 0 bridgehead atoms. The van der Waals surface area contributed by atoms with Gasteiger partial charge in [-0.05, 0) is 56.0 Å². The smallest absolute Gasteiger partial charge is 0.242 e. The van der Waals surface area contributed by atoms with E-state index in [0.717, 1.165) is 41.8 Å². The lowest BCUT2D eigenvalue weighted by Gasteiger charge is -2.30. The van der Waals surface area contributed by atoms with Crippen molar-refractivity contribution in [2.24, 2.45) is 0 Å². The highest BCUT2D eigenvalue weighted by Gasteiger charge is 2.29. The number of methoxy groups -OCH3 is 1. The Kier molecular flexibility index (Phi) is 9.91. The number of hydrogen-bond acceptors (Lipinski definition) is 5. The van der Waals surface area contributed by atoms with Gasteiger partial charge in [-0.25, -0.2) is 12.8 Å². The number of halogens is 1. The predicted octanol–water partition coefficient (Wildman–Crippen LogP) is 3.86. The largest absolute Gasteiger partial charge is 0.497 e. The van der Waals surface area contributed by atoms with E-state index in [1.54, 1.807) is 26.2 Å². The van der Waals surface area contributed by atoms with Crippen LogP contribution in [0.25, 0.3) is 0 Å². The van der Waals surface area contributed by atoms with E-state index in [9.17, 15) is 22.4 Å². The minimum atomic E-state index is -3.77. The van der Waals surface area contributed by atoms with E-state index < -0.39 is 21.9 Å². The zero-order valence-corrected chi connectivity index (χ0v) is 22.5. The molecule has 3 rings (SSSR count). The van der Waals surface area contributed by atoms with Gasteiger partial charge in [0.05, 0.1) is 19.1 Å². The summed E-state index contributed by atoms with van der Waals surface area (Å²) < 4.78 is 45.3. The number of amides is 2. The Morgan fingerprint density at radius 2 is 1.84 bits per heavy atom. The molecular weight excluding hydrogens is 497 g/mol. The first-order valence-corrected chi connectivity index (χ1v) is 14.4. The standard InChI is InChI=1S/C27H36FN3O5S/c1-20(27(33)29-22-11-4-5-12-22)30(19-21-10-8-13-23(18-21)36-2)26(32)16-9-17-31(37(3,34)35)25-15-7-6-14-24(25)28/h6-8,10,13-15,18,20,22H,4-5,9,11-12,16-17,19H2,1-3H3,(H,29,33). The number of sulfonamides is 1. The molecule has 1 aliphatic rings. The number of para-hydroxylation sites is 1. The fourth-order valence-corrected chi connectivity index (χ4v) is 5.54. The third-order valence-corrected chi connectivity index (χ3v) is 7.81. The summed E-state index contributed by atoms with van der Waals surface area (Å²) in [7, 11) is -2.21. The van der Waals surface area contributed by atoms with Crippen molar-refractivity contribution in [2.45, 2.75) is 64.1 Å². The molecule has 1 N–H and O–H groups in total. The molecule has 37 heavy (non-hydrogen) atoms. The lowest BCUT2D eigenvalue weighted by atomic mass is 10.1. The number of anilines is 1. The zero-order chi connectivity index (χ0) is 27.0. The molecule has 0 spiro atoms. The third kappa shape index (κ3) is 7.92. The lowest BCUT2D eigenvalue weighted by Crippen LogP contribution is -2.49. The lowest BCUT2D eigenvalue weighted by molar-refractivity contribution is -0.141. The molecule has 1 aliphatic carbocycles. The summed E-state index contributed by atoms with van der Waals surface area (Å²) in [5, 5.41) is 3.06. The van der Waals surface area contributed by atoms with Gasteiger partial charge in [-0.1, -0.05) is 37.1 Å². The maximum Gasteiger partial charge on any atom is 0.242 e. The minimum Gasteiger partial charge on any atom is -0.497 e. The highest BCUT2D eigenvalue weighted by Crippen LogP contribution is 2.23. The van der Waals surface area contributed by atoms with E-state index in [-0.39, 0.29) is 49.5 Å². The van der Waals surface area contributed by atoms with Gasteiger partial charge in [0, 0.05) is 25.6 Å². The normalized spacial score (nSPS) is 14.7. The molecular formula is C27H36FN3O5S. The Labute approximate surface area is 218 Å². The van der Waals surface area contributed by atoms with E-state index in [1.165, 1.54) is 23.1 Å². The maximum atomic E-state index is 14.3. The van der Waals surface area contributed by atoms with Crippen LogP contribution in [0.2, 0.25) is 0 Å². The van der Waals surface area contributed by atoms with Gasteiger partial charge in [-0.2, -0.15) is 0 Å². The van der Waals surface area contributed by atoms with E-state index >= 15 is 0 Å². The highest BCUT2D eigenvalue weighted by atomic mass is 32.2. The number of rotatable bonds is 12. The maximum absolute atomic E-state index is 14.3. The van der Waals surface area contributed by atoms with Gasteiger partial charge in [-0.15, -0.1) is 0 Å². The molecule has 2 amide bonds. The zero-order valence-electron chi connectivity index (χ0n) is 21.7. The van der Waals surface area contributed by atoms with Crippen molar-refractivity contribution in [2.75, 3.05) is 24.2 Å². The van der Waals surface area contributed by atoms with Gasteiger partial charge < -0.3 is 15.0 Å². The van der Waals surface area contributed by atoms with Crippen LogP contribution in [0.3, 0.4) is 0 Å². The predicted molar refractivity (Wildman–Crippen MR) is 141 cm³/mol. The van der Waals surface area contributed by atoms with Crippen molar-refractivity contribution in [3.8, 4) is 5.75 Å². The molecule has 1 saturated carbocycles. The molecule has 1 fully saturated rings. The minimum absolute atomic E-state index is 0.00844. The second kappa shape index (κ2) is 12.9. The number of carbonyl (C=O) groups is 2. The molecule has 0 radical (unpaired) electrons. The van der Waals surface area contributed by atoms with Gasteiger partial charge in [0.2, 0.25) is 21.8 Å². The molecule has 202 valence electrons. The molecule has 2 aromatic carbocycles. The Hall–Kier alpha value is -3.14. The number of nitrogens with zero attached hydrogens (tertiary/aromatic N) is 2. The summed E-state index contributed by atoms with van der Waals surface area (Å²) in [4.78, 5) is 27.9. The molecule has 8 nitrogen and oxygen atoms in total. The summed E-state index contributed by atoms with van der Waals surface area (Å²) >= 11 is 0. The number of hydrogen-bond donors (Lipinski definition) is 1. The topological polar surface area (TPSA) is 96.0 Å². The molecule has 2 aromatic rings. The molecule has 0 heterocycles. The fraction of sp³-hybridized carbons (Fsp3) is 0.481. The number of carbonyl (C=O) groups excluding carboxylic acids is 2. The average molecular weight is 534 g/mol. The van der Waals surface area contributed by atoms with Gasteiger partial charge in [-0.3, -0.25) is 13.9 Å². The number of nitrogens with one attached hydrogen (secondary N) is 1. The van der Waals surface area contributed by atoms with Crippen LogP contribution in [0.4, 0.5) is 10.1 Å². The van der Waals surface area contributed by atoms with Crippen LogP contribution in [-0.4, -0.2) is 57.1 Å². The SMILES string of the molecule is COc1cccc(CN(C(=O)CCCN(c2ccccc2F)S(C)(=O)=O)C(C)C(=O)NC2CCCC2)c1. The fourth-order valence-electron chi connectivity index (χ4n) is 4.58. The average Bonchev–Trinajstić information content (AvgIpc) is 3.37. The summed E-state index contributed by atoms with van der Waals surface area (Å²) in [6, 6.07) is 12.3. The van der Waals surface area contributed by atoms with Crippen molar-refractivity contribution < 1.29 is 27.1 Å². The van der Waals surface area contributed by atoms with Crippen LogP contribution < -0.4 is 14.4 Å². The molecule has 10 heteroatoms. The highest BCUT2D eigenvalue weighted by molar-refractivity contribution is 7.92. The number of benzene rings is 2. The second-order valence-corrected chi connectivity index (χ2v) is 11.3. The summed E-state index contributed by atoms with van der Waals surface area (Å²) in [6.07, 6.45) is 5.16. The number of ether oxygens (including phenoxy) is 1.